The number of benzene rings is 1. The highest BCUT2D eigenvalue weighted by atomic mass is 32.2. The number of rotatable bonds is 5. The van der Waals surface area contributed by atoms with Gasteiger partial charge in [-0.05, 0) is 31.4 Å². The highest BCUT2D eigenvalue weighted by molar-refractivity contribution is 8.00. The van der Waals surface area contributed by atoms with Crippen molar-refractivity contribution in [2.75, 3.05) is 23.8 Å². The van der Waals surface area contributed by atoms with Crippen LogP contribution in [-0.4, -0.2) is 38.1 Å². The fraction of sp³-hybridized carbons (Fsp3) is 0.500. The molecule has 0 spiro atoms. The van der Waals surface area contributed by atoms with Crippen molar-refractivity contribution < 1.29 is 13.2 Å². The van der Waals surface area contributed by atoms with Gasteiger partial charge in [-0.3, -0.25) is 4.79 Å². The fourth-order valence-corrected chi connectivity index (χ4v) is 4.72. The van der Waals surface area contributed by atoms with Gasteiger partial charge in [-0.25, -0.2) is 8.42 Å². The molecule has 0 saturated carbocycles. The lowest BCUT2D eigenvalue weighted by Crippen LogP contribution is -2.31. The van der Waals surface area contributed by atoms with E-state index in [0.29, 0.717) is 18.7 Å². The number of sulfone groups is 1. The van der Waals surface area contributed by atoms with E-state index in [4.69, 9.17) is 0 Å². The average molecular weight is 313 g/mol. The average Bonchev–Trinajstić information content (AvgIpc) is 2.75. The predicted molar refractivity (Wildman–Crippen MR) is 81.7 cm³/mol. The second kappa shape index (κ2) is 6.63. The minimum absolute atomic E-state index is 0.0418. The molecule has 1 heterocycles. The van der Waals surface area contributed by atoms with E-state index >= 15 is 0 Å². The van der Waals surface area contributed by atoms with E-state index in [-0.39, 0.29) is 23.3 Å². The number of thioether (sulfide) groups is 1. The molecule has 1 unspecified atom stereocenters. The molecule has 1 aliphatic heterocycles. The second-order valence-corrected chi connectivity index (χ2v) is 8.45. The Labute approximate surface area is 124 Å². The summed E-state index contributed by atoms with van der Waals surface area (Å²) in [4.78, 5) is 12.8. The highest BCUT2D eigenvalue weighted by Crippen LogP contribution is 2.19. The number of nitrogens with one attached hydrogen (secondary N) is 1. The molecule has 110 valence electrons. The molecule has 6 heteroatoms. The van der Waals surface area contributed by atoms with Crippen molar-refractivity contribution in [1.82, 2.24) is 5.32 Å². The predicted octanol–water partition coefficient (Wildman–Crippen LogP) is 1.64. The van der Waals surface area contributed by atoms with Crippen molar-refractivity contribution in [3.63, 3.8) is 0 Å². The number of hydrogen-bond acceptors (Lipinski definition) is 4. The van der Waals surface area contributed by atoms with Gasteiger partial charge in [0.1, 0.15) is 0 Å². The zero-order chi connectivity index (χ0) is 14.6. The van der Waals surface area contributed by atoms with Gasteiger partial charge in [0.25, 0.3) is 0 Å². The third-order valence-electron chi connectivity index (χ3n) is 3.31. The second-order valence-electron chi connectivity index (χ2n) is 5.17. The Morgan fingerprint density at radius 3 is 2.65 bits per heavy atom. The maximum absolute atomic E-state index is 11.7. The van der Waals surface area contributed by atoms with Gasteiger partial charge < -0.3 is 5.32 Å². The molecule has 1 atom stereocenters. The van der Waals surface area contributed by atoms with Gasteiger partial charge in [0.2, 0.25) is 5.91 Å². The molecule has 1 aliphatic rings. The largest absolute Gasteiger partial charge is 0.355 e. The monoisotopic (exact) mass is 313 g/mol. The summed E-state index contributed by atoms with van der Waals surface area (Å²) in [5, 5.41) is 2.82. The first kappa shape index (κ1) is 15.4. The quantitative estimate of drug-likeness (QED) is 0.839. The van der Waals surface area contributed by atoms with Gasteiger partial charge in [-0.15, -0.1) is 11.8 Å². The van der Waals surface area contributed by atoms with Gasteiger partial charge in [0, 0.05) is 11.4 Å². The van der Waals surface area contributed by atoms with E-state index in [1.807, 2.05) is 31.2 Å². The molecule has 4 nitrogen and oxygen atoms in total. The topological polar surface area (TPSA) is 63.2 Å². The molecule has 1 aromatic rings. The van der Waals surface area contributed by atoms with Crippen LogP contribution >= 0.6 is 11.8 Å². The zero-order valence-corrected chi connectivity index (χ0v) is 13.1. The van der Waals surface area contributed by atoms with Crippen LogP contribution in [0.3, 0.4) is 0 Å². The van der Waals surface area contributed by atoms with E-state index < -0.39 is 9.84 Å². The molecule has 1 saturated heterocycles. The third kappa shape index (κ3) is 4.83. The number of carbonyl (C=O) groups excluding carboxylic acids is 1. The van der Waals surface area contributed by atoms with Crippen molar-refractivity contribution in [3.8, 4) is 0 Å². The van der Waals surface area contributed by atoms with Crippen LogP contribution in [0.1, 0.15) is 12.0 Å². The Morgan fingerprint density at radius 2 is 2.05 bits per heavy atom. The van der Waals surface area contributed by atoms with Gasteiger partial charge in [0.05, 0.1) is 17.3 Å². The van der Waals surface area contributed by atoms with E-state index in [2.05, 4.69) is 5.32 Å². The van der Waals surface area contributed by atoms with Crippen molar-refractivity contribution in [1.29, 1.82) is 0 Å². The number of carbonyl (C=O) groups is 1. The van der Waals surface area contributed by atoms with Gasteiger partial charge in [-0.1, -0.05) is 17.7 Å². The van der Waals surface area contributed by atoms with Gasteiger partial charge >= 0.3 is 0 Å². The summed E-state index contributed by atoms with van der Waals surface area (Å²) in [5.74, 6) is 0.861. The first-order valence-corrected chi connectivity index (χ1v) is 9.42. The Kier molecular flexibility index (Phi) is 5.10. The maximum atomic E-state index is 11.7. The molecular weight excluding hydrogens is 294 g/mol. The Bertz CT molecular complexity index is 567. The molecule has 0 radical (unpaired) electrons. The van der Waals surface area contributed by atoms with Crippen LogP contribution in [0.5, 0.6) is 0 Å². The highest BCUT2D eigenvalue weighted by Gasteiger charge is 2.27. The molecule has 2 rings (SSSR count). The third-order valence-corrected chi connectivity index (χ3v) is 6.15. The number of amides is 1. The van der Waals surface area contributed by atoms with Crippen molar-refractivity contribution in [2.24, 2.45) is 5.92 Å². The van der Waals surface area contributed by atoms with Crippen LogP contribution in [0.15, 0.2) is 29.2 Å². The van der Waals surface area contributed by atoms with Gasteiger partial charge in [0.15, 0.2) is 9.84 Å². The molecule has 20 heavy (non-hydrogen) atoms. The van der Waals surface area contributed by atoms with Crippen LogP contribution < -0.4 is 5.32 Å². The molecule has 1 N–H and O–H groups in total. The van der Waals surface area contributed by atoms with Crippen LogP contribution in [0.25, 0.3) is 0 Å². The Morgan fingerprint density at radius 1 is 1.35 bits per heavy atom. The summed E-state index contributed by atoms with van der Waals surface area (Å²) in [7, 11) is -2.86. The SMILES string of the molecule is Cc1ccc(SCC(=O)NCC2CCS(=O)(=O)C2)cc1. The molecular formula is C14H19NO3S2. The molecule has 1 fully saturated rings. The summed E-state index contributed by atoms with van der Waals surface area (Å²) in [6, 6.07) is 8.03. The zero-order valence-electron chi connectivity index (χ0n) is 11.5. The van der Waals surface area contributed by atoms with Crippen molar-refractivity contribution in [3.05, 3.63) is 29.8 Å². The van der Waals surface area contributed by atoms with Crippen LogP contribution in [0, 0.1) is 12.8 Å². The smallest absolute Gasteiger partial charge is 0.230 e. The number of aryl methyl sites for hydroxylation is 1. The molecule has 1 aromatic carbocycles. The normalized spacial score (nSPS) is 20.8. The van der Waals surface area contributed by atoms with E-state index in [9.17, 15) is 13.2 Å². The minimum atomic E-state index is -2.86. The Balaban J connectivity index is 1.69. The summed E-state index contributed by atoms with van der Waals surface area (Å²) in [6.45, 7) is 2.49. The molecule has 1 amide bonds. The lowest BCUT2D eigenvalue weighted by atomic mass is 10.1. The maximum Gasteiger partial charge on any atom is 0.230 e. The standard InChI is InChI=1S/C14H19NO3S2/c1-11-2-4-13(5-3-11)19-9-14(16)15-8-12-6-7-20(17,18)10-12/h2-5,12H,6-10H2,1H3,(H,15,16). The summed E-state index contributed by atoms with van der Waals surface area (Å²) in [6.07, 6.45) is 0.660. The molecule has 0 aromatic heterocycles. The molecule has 0 bridgehead atoms. The van der Waals surface area contributed by atoms with Crippen LogP contribution in [0.2, 0.25) is 0 Å². The van der Waals surface area contributed by atoms with E-state index in [1.165, 1.54) is 17.3 Å². The van der Waals surface area contributed by atoms with Gasteiger partial charge in [-0.2, -0.15) is 0 Å². The summed E-state index contributed by atoms with van der Waals surface area (Å²) >= 11 is 1.49. The lowest BCUT2D eigenvalue weighted by molar-refractivity contribution is -0.118. The van der Waals surface area contributed by atoms with E-state index in [1.54, 1.807) is 0 Å². The first-order valence-electron chi connectivity index (χ1n) is 6.61. The summed E-state index contributed by atoms with van der Waals surface area (Å²) < 4.78 is 22.6. The first-order chi connectivity index (χ1) is 9.44. The fourth-order valence-electron chi connectivity index (χ4n) is 2.13. The lowest BCUT2D eigenvalue weighted by Gasteiger charge is -2.09. The number of hydrogen-bond donors (Lipinski definition) is 1. The van der Waals surface area contributed by atoms with Crippen LogP contribution in [-0.2, 0) is 14.6 Å². The summed E-state index contributed by atoms with van der Waals surface area (Å²) in [5.41, 5.74) is 1.20. The van der Waals surface area contributed by atoms with E-state index in [0.717, 1.165) is 4.90 Å². The van der Waals surface area contributed by atoms with Crippen molar-refractivity contribution >= 4 is 27.5 Å². The van der Waals surface area contributed by atoms with Crippen molar-refractivity contribution in [2.45, 2.75) is 18.2 Å². The van der Waals surface area contributed by atoms with Crippen LogP contribution in [0.4, 0.5) is 0 Å². The molecule has 0 aliphatic carbocycles. The Hall–Kier alpha value is -1.01. The minimum Gasteiger partial charge on any atom is -0.355 e.